The standard InChI is InChI=1S/C17H17NO2S/c1-19-15-7-3-13(4-8-15)17(21)11-12-18-14-5-9-16(20-2)10-6-14/h3-12,18H,1-2H3/b12-11+. The molecule has 0 unspecified atom stereocenters. The van der Waals surface area contributed by atoms with Gasteiger partial charge in [0.1, 0.15) is 11.5 Å². The summed E-state index contributed by atoms with van der Waals surface area (Å²) >= 11 is 5.37. The van der Waals surface area contributed by atoms with E-state index in [-0.39, 0.29) is 0 Å². The highest BCUT2D eigenvalue weighted by atomic mass is 32.1. The average molecular weight is 299 g/mol. The van der Waals surface area contributed by atoms with Crippen molar-refractivity contribution in [1.82, 2.24) is 0 Å². The number of hydrogen-bond acceptors (Lipinski definition) is 4. The highest BCUT2D eigenvalue weighted by Crippen LogP contribution is 2.15. The molecule has 2 rings (SSSR count). The van der Waals surface area contributed by atoms with Crippen molar-refractivity contribution in [3.05, 3.63) is 66.4 Å². The third-order valence-electron chi connectivity index (χ3n) is 2.95. The molecule has 0 fully saturated rings. The van der Waals surface area contributed by atoms with Crippen LogP contribution in [0.2, 0.25) is 0 Å². The molecule has 0 atom stereocenters. The fraction of sp³-hybridized carbons (Fsp3) is 0.118. The molecule has 0 radical (unpaired) electrons. The Labute approximate surface area is 130 Å². The summed E-state index contributed by atoms with van der Waals surface area (Å²) < 4.78 is 10.2. The van der Waals surface area contributed by atoms with Crippen LogP contribution in [-0.4, -0.2) is 19.1 Å². The molecule has 0 saturated carbocycles. The van der Waals surface area contributed by atoms with Gasteiger partial charge in [-0.25, -0.2) is 0 Å². The van der Waals surface area contributed by atoms with Crippen molar-refractivity contribution in [3.63, 3.8) is 0 Å². The van der Waals surface area contributed by atoms with Gasteiger partial charge in [0.2, 0.25) is 0 Å². The summed E-state index contributed by atoms with van der Waals surface area (Å²) in [6.07, 6.45) is 3.69. The lowest BCUT2D eigenvalue weighted by Crippen LogP contribution is -1.95. The van der Waals surface area contributed by atoms with Gasteiger partial charge < -0.3 is 14.8 Å². The fourth-order valence-electron chi connectivity index (χ4n) is 1.75. The zero-order valence-corrected chi connectivity index (χ0v) is 12.8. The fourth-order valence-corrected chi connectivity index (χ4v) is 1.96. The number of nitrogens with one attached hydrogen (secondary N) is 1. The number of anilines is 1. The molecule has 0 bridgehead atoms. The zero-order chi connectivity index (χ0) is 15.1. The van der Waals surface area contributed by atoms with E-state index in [0.717, 1.165) is 27.6 Å². The largest absolute Gasteiger partial charge is 0.497 e. The summed E-state index contributed by atoms with van der Waals surface area (Å²) in [7, 11) is 3.29. The van der Waals surface area contributed by atoms with E-state index in [2.05, 4.69) is 5.32 Å². The number of ether oxygens (including phenoxy) is 2. The van der Waals surface area contributed by atoms with Gasteiger partial charge in [0.05, 0.1) is 14.2 Å². The van der Waals surface area contributed by atoms with Crippen LogP contribution in [0.4, 0.5) is 5.69 Å². The van der Waals surface area contributed by atoms with E-state index < -0.39 is 0 Å². The monoisotopic (exact) mass is 299 g/mol. The van der Waals surface area contributed by atoms with E-state index in [1.54, 1.807) is 14.2 Å². The van der Waals surface area contributed by atoms with Crippen molar-refractivity contribution in [2.75, 3.05) is 19.5 Å². The van der Waals surface area contributed by atoms with Crippen molar-refractivity contribution in [2.24, 2.45) is 0 Å². The highest BCUT2D eigenvalue weighted by Gasteiger charge is 1.98. The first-order valence-electron chi connectivity index (χ1n) is 6.48. The molecule has 108 valence electrons. The van der Waals surface area contributed by atoms with Crippen molar-refractivity contribution >= 4 is 22.8 Å². The van der Waals surface area contributed by atoms with Gasteiger partial charge in [0.15, 0.2) is 0 Å². The van der Waals surface area contributed by atoms with Crippen molar-refractivity contribution in [2.45, 2.75) is 0 Å². The summed E-state index contributed by atoms with van der Waals surface area (Å²) in [5.41, 5.74) is 1.96. The van der Waals surface area contributed by atoms with Crippen LogP contribution < -0.4 is 14.8 Å². The Balaban J connectivity index is 1.94. The maximum Gasteiger partial charge on any atom is 0.119 e. The molecule has 1 N–H and O–H groups in total. The normalized spacial score (nSPS) is 10.4. The van der Waals surface area contributed by atoms with Crippen LogP contribution in [0.3, 0.4) is 0 Å². The molecule has 3 nitrogen and oxygen atoms in total. The van der Waals surface area contributed by atoms with E-state index in [1.807, 2.05) is 60.8 Å². The van der Waals surface area contributed by atoms with Crippen LogP contribution in [0.5, 0.6) is 11.5 Å². The molecule has 0 aromatic heterocycles. The first-order chi connectivity index (χ1) is 10.2. The number of rotatable bonds is 6. The number of thiocarbonyl (C=S) groups is 1. The molecule has 2 aromatic rings. The highest BCUT2D eigenvalue weighted by molar-refractivity contribution is 7.81. The summed E-state index contributed by atoms with van der Waals surface area (Å²) in [5, 5.41) is 3.17. The third kappa shape index (κ3) is 4.33. The number of hydrogen-bond donors (Lipinski definition) is 1. The zero-order valence-electron chi connectivity index (χ0n) is 12.0. The van der Waals surface area contributed by atoms with Gasteiger partial charge in [0, 0.05) is 16.8 Å². The van der Waals surface area contributed by atoms with E-state index in [9.17, 15) is 0 Å². The van der Waals surface area contributed by atoms with Gasteiger partial charge in [-0.1, -0.05) is 12.2 Å². The second-order valence-electron chi connectivity index (χ2n) is 4.30. The Bertz CT molecular complexity index is 618. The Hall–Kier alpha value is -2.33. The molecule has 0 aliphatic rings. The number of allylic oxidation sites excluding steroid dienone is 1. The van der Waals surface area contributed by atoms with Crippen LogP contribution in [0.15, 0.2) is 60.8 Å². The molecular weight excluding hydrogens is 282 g/mol. The van der Waals surface area contributed by atoms with E-state index in [0.29, 0.717) is 0 Å². The van der Waals surface area contributed by atoms with Gasteiger partial charge >= 0.3 is 0 Å². The Morgan fingerprint density at radius 2 is 1.43 bits per heavy atom. The quantitative estimate of drug-likeness (QED) is 0.495. The minimum atomic E-state index is 0.763. The van der Waals surface area contributed by atoms with Crippen LogP contribution in [0, 0.1) is 0 Å². The smallest absolute Gasteiger partial charge is 0.119 e. The third-order valence-corrected chi connectivity index (χ3v) is 3.32. The van der Waals surface area contributed by atoms with Gasteiger partial charge in [0.25, 0.3) is 0 Å². The lowest BCUT2D eigenvalue weighted by molar-refractivity contribution is 0.414. The van der Waals surface area contributed by atoms with E-state index in [4.69, 9.17) is 21.7 Å². The van der Waals surface area contributed by atoms with Crippen LogP contribution in [0.1, 0.15) is 5.56 Å². The molecule has 0 amide bonds. The number of methoxy groups -OCH3 is 2. The lowest BCUT2D eigenvalue weighted by atomic mass is 10.1. The van der Waals surface area contributed by atoms with Gasteiger partial charge in [-0.2, -0.15) is 0 Å². The maximum absolute atomic E-state index is 5.37. The first-order valence-corrected chi connectivity index (χ1v) is 6.89. The predicted molar refractivity (Wildman–Crippen MR) is 90.5 cm³/mol. The lowest BCUT2D eigenvalue weighted by Gasteiger charge is -2.04. The summed E-state index contributed by atoms with van der Waals surface area (Å²) in [6, 6.07) is 15.4. The topological polar surface area (TPSA) is 30.5 Å². The molecule has 2 aromatic carbocycles. The second-order valence-corrected chi connectivity index (χ2v) is 4.74. The molecule has 0 aliphatic heterocycles. The molecule has 0 saturated heterocycles. The van der Waals surface area contributed by atoms with Crippen LogP contribution >= 0.6 is 12.2 Å². The van der Waals surface area contributed by atoms with E-state index >= 15 is 0 Å². The molecule has 0 aliphatic carbocycles. The summed E-state index contributed by atoms with van der Waals surface area (Å²) in [4.78, 5) is 0.763. The minimum Gasteiger partial charge on any atom is -0.497 e. The van der Waals surface area contributed by atoms with Crippen molar-refractivity contribution < 1.29 is 9.47 Å². The molecule has 0 spiro atoms. The summed E-state index contributed by atoms with van der Waals surface area (Å²) in [6.45, 7) is 0. The Morgan fingerprint density at radius 3 is 1.95 bits per heavy atom. The second kappa shape index (κ2) is 7.45. The predicted octanol–water partition coefficient (Wildman–Crippen LogP) is 4.05. The summed E-state index contributed by atoms with van der Waals surface area (Å²) in [5.74, 6) is 1.65. The van der Waals surface area contributed by atoms with Gasteiger partial charge in [-0.3, -0.25) is 0 Å². The van der Waals surface area contributed by atoms with Crippen molar-refractivity contribution in [3.8, 4) is 11.5 Å². The minimum absolute atomic E-state index is 0.763. The number of benzene rings is 2. The van der Waals surface area contributed by atoms with E-state index in [1.165, 1.54) is 0 Å². The SMILES string of the molecule is COc1ccc(N/C=C/C(=S)c2ccc(OC)cc2)cc1. The molecular formula is C17H17NO2S. The first kappa shape index (κ1) is 15.1. The van der Waals surface area contributed by atoms with Gasteiger partial charge in [-0.15, -0.1) is 0 Å². The van der Waals surface area contributed by atoms with Crippen LogP contribution in [0.25, 0.3) is 0 Å². The van der Waals surface area contributed by atoms with Crippen LogP contribution in [-0.2, 0) is 0 Å². The molecule has 4 heteroatoms. The Morgan fingerprint density at radius 1 is 0.905 bits per heavy atom. The molecule has 0 heterocycles. The Kier molecular flexibility index (Phi) is 5.35. The van der Waals surface area contributed by atoms with Crippen molar-refractivity contribution in [1.29, 1.82) is 0 Å². The average Bonchev–Trinajstić information content (AvgIpc) is 2.55. The van der Waals surface area contributed by atoms with Gasteiger partial charge in [-0.05, 0) is 60.2 Å². The maximum atomic E-state index is 5.37. The molecule has 21 heavy (non-hydrogen) atoms.